The molecule has 0 fully saturated rings. The van der Waals surface area contributed by atoms with Crippen molar-refractivity contribution < 1.29 is 19.0 Å². The summed E-state index contributed by atoms with van der Waals surface area (Å²) in [6.07, 6.45) is 3.72. The molecule has 3 rings (SSSR count). The summed E-state index contributed by atoms with van der Waals surface area (Å²) < 4.78 is 16.0. The van der Waals surface area contributed by atoms with E-state index in [1.807, 2.05) is 6.07 Å². The van der Waals surface area contributed by atoms with E-state index in [9.17, 15) is 4.79 Å². The van der Waals surface area contributed by atoms with Gasteiger partial charge in [0.2, 0.25) is 12.5 Å². The van der Waals surface area contributed by atoms with Crippen LogP contribution in [0.2, 0.25) is 0 Å². The average molecular weight is 218 g/mol. The quantitative estimate of drug-likeness (QED) is 0.717. The molecule has 1 heterocycles. The lowest BCUT2D eigenvalue weighted by Crippen LogP contribution is -2.06. The van der Waals surface area contributed by atoms with Gasteiger partial charge < -0.3 is 14.2 Å². The molecule has 0 bridgehead atoms. The summed E-state index contributed by atoms with van der Waals surface area (Å²) in [4.78, 5) is 11.4. The smallest absolute Gasteiger partial charge is 0.231 e. The largest absolute Gasteiger partial charge is 0.493 e. The van der Waals surface area contributed by atoms with Crippen LogP contribution in [0, 0.1) is 0 Å². The van der Waals surface area contributed by atoms with Gasteiger partial charge in [-0.05, 0) is 17.7 Å². The molecule has 0 atom stereocenters. The van der Waals surface area contributed by atoms with Gasteiger partial charge in [0.15, 0.2) is 17.3 Å². The van der Waals surface area contributed by atoms with Crippen molar-refractivity contribution in [1.29, 1.82) is 0 Å². The van der Waals surface area contributed by atoms with Gasteiger partial charge >= 0.3 is 0 Å². The van der Waals surface area contributed by atoms with Crippen molar-refractivity contribution in [2.45, 2.75) is 6.42 Å². The standard InChI is InChI=1S/C12H10O4/c1-14-10-4-7-2-3-8(13)5-9(7)11-12(10)16-6-15-11/h2-4H,5-6H2,1H3. The van der Waals surface area contributed by atoms with Crippen LogP contribution in [-0.2, 0) is 11.2 Å². The maximum Gasteiger partial charge on any atom is 0.231 e. The fourth-order valence-electron chi connectivity index (χ4n) is 2.01. The van der Waals surface area contributed by atoms with Crippen LogP contribution >= 0.6 is 0 Å². The lowest BCUT2D eigenvalue weighted by Gasteiger charge is -2.14. The number of hydrogen-bond acceptors (Lipinski definition) is 4. The summed E-state index contributed by atoms with van der Waals surface area (Å²) in [5.41, 5.74) is 1.85. The Balaban J connectivity index is 2.24. The van der Waals surface area contributed by atoms with Gasteiger partial charge in [-0.15, -0.1) is 0 Å². The average Bonchev–Trinajstić information content (AvgIpc) is 2.77. The van der Waals surface area contributed by atoms with Gasteiger partial charge in [-0.1, -0.05) is 6.08 Å². The van der Waals surface area contributed by atoms with E-state index in [4.69, 9.17) is 14.2 Å². The fourth-order valence-corrected chi connectivity index (χ4v) is 2.01. The molecule has 1 aliphatic carbocycles. The molecule has 0 saturated heterocycles. The van der Waals surface area contributed by atoms with Crippen molar-refractivity contribution in [1.82, 2.24) is 0 Å². The second-order valence-corrected chi connectivity index (χ2v) is 3.69. The van der Waals surface area contributed by atoms with Crippen molar-refractivity contribution in [2.75, 3.05) is 13.9 Å². The van der Waals surface area contributed by atoms with Crippen LogP contribution in [0.4, 0.5) is 0 Å². The van der Waals surface area contributed by atoms with Crippen LogP contribution in [-0.4, -0.2) is 19.7 Å². The first kappa shape index (κ1) is 9.27. The summed E-state index contributed by atoms with van der Waals surface area (Å²) in [5.74, 6) is 1.97. The zero-order valence-electron chi connectivity index (χ0n) is 8.78. The predicted molar refractivity (Wildman–Crippen MR) is 56.9 cm³/mol. The lowest BCUT2D eigenvalue weighted by molar-refractivity contribution is -0.114. The van der Waals surface area contributed by atoms with Crippen molar-refractivity contribution in [3.63, 3.8) is 0 Å². The molecule has 0 N–H and O–H groups in total. The second-order valence-electron chi connectivity index (χ2n) is 3.69. The summed E-state index contributed by atoms with van der Waals surface area (Å²) >= 11 is 0. The molecule has 82 valence electrons. The number of hydrogen-bond donors (Lipinski definition) is 0. The highest BCUT2D eigenvalue weighted by Gasteiger charge is 2.27. The number of carbonyl (C=O) groups is 1. The monoisotopic (exact) mass is 218 g/mol. The minimum atomic E-state index is 0.0790. The number of rotatable bonds is 1. The summed E-state index contributed by atoms with van der Waals surface area (Å²) in [6, 6.07) is 1.87. The molecule has 16 heavy (non-hydrogen) atoms. The van der Waals surface area contributed by atoms with E-state index in [2.05, 4.69) is 0 Å². The molecule has 0 spiro atoms. The Bertz CT molecular complexity index is 502. The number of fused-ring (bicyclic) bond motifs is 3. The van der Waals surface area contributed by atoms with Crippen LogP contribution in [0.1, 0.15) is 11.1 Å². The maximum atomic E-state index is 11.4. The Morgan fingerprint density at radius 2 is 2.06 bits per heavy atom. The Morgan fingerprint density at radius 1 is 1.25 bits per heavy atom. The van der Waals surface area contributed by atoms with Gasteiger partial charge in [0.25, 0.3) is 0 Å². The number of ether oxygens (including phenoxy) is 3. The maximum absolute atomic E-state index is 11.4. The minimum Gasteiger partial charge on any atom is -0.493 e. The first-order valence-corrected chi connectivity index (χ1v) is 5.00. The number of ketones is 1. The van der Waals surface area contributed by atoms with Crippen LogP contribution in [0.3, 0.4) is 0 Å². The molecular weight excluding hydrogens is 208 g/mol. The highest BCUT2D eigenvalue weighted by molar-refractivity contribution is 5.99. The number of methoxy groups -OCH3 is 1. The Hall–Kier alpha value is -1.97. The molecule has 1 aromatic rings. The van der Waals surface area contributed by atoms with E-state index in [1.165, 1.54) is 0 Å². The molecular formula is C12H10O4. The fraction of sp³-hybridized carbons (Fsp3) is 0.250. The summed E-state index contributed by atoms with van der Waals surface area (Å²) in [6.45, 7) is 0.181. The van der Waals surface area contributed by atoms with E-state index in [0.29, 0.717) is 23.7 Å². The molecule has 0 aromatic heterocycles. The number of allylic oxidation sites excluding steroid dienone is 1. The summed E-state index contributed by atoms with van der Waals surface area (Å²) in [5, 5.41) is 0. The summed E-state index contributed by atoms with van der Waals surface area (Å²) in [7, 11) is 1.58. The third-order valence-corrected chi connectivity index (χ3v) is 2.77. The zero-order chi connectivity index (χ0) is 11.1. The Kier molecular flexibility index (Phi) is 1.89. The molecule has 4 heteroatoms. The minimum absolute atomic E-state index is 0.0790. The Morgan fingerprint density at radius 3 is 2.88 bits per heavy atom. The molecule has 0 amide bonds. The SMILES string of the molecule is COc1cc2c(c3c1OCO3)CC(=O)C=C2. The van der Waals surface area contributed by atoms with Crippen LogP contribution < -0.4 is 14.2 Å². The van der Waals surface area contributed by atoms with Gasteiger partial charge in [-0.3, -0.25) is 4.79 Å². The zero-order valence-corrected chi connectivity index (χ0v) is 8.78. The van der Waals surface area contributed by atoms with Crippen LogP contribution in [0.5, 0.6) is 17.2 Å². The topological polar surface area (TPSA) is 44.8 Å². The van der Waals surface area contributed by atoms with Gasteiger partial charge in [0.05, 0.1) is 7.11 Å². The van der Waals surface area contributed by atoms with Crippen molar-refractivity contribution in [3.05, 3.63) is 23.3 Å². The molecule has 0 radical (unpaired) electrons. The Labute approximate surface area is 92.4 Å². The van der Waals surface area contributed by atoms with E-state index < -0.39 is 0 Å². The molecule has 1 aliphatic heterocycles. The van der Waals surface area contributed by atoms with E-state index in [0.717, 1.165) is 11.1 Å². The molecule has 1 aromatic carbocycles. The highest BCUT2D eigenvalue weighted by Crippen LogP contribution is 2.46. The van der Waals surface area contributed by atoms with E-state index in [-0.39, 0.29) is 12.6 Å². The number of benzene rings is 1. The van der Waals surface area contributed by atoms with Crippen molar-refractivity contribution in [2.24, 2.45) is 0 Å². The van der Waals surface area contributed by atoms with Crippen LogP contribution in [0.25, 0.3) is 6.08 Å². The first-order chi connectivity index (χ1) is 7.79. The second kappa shape index (κ2) is 3.27. The van der Waals surface area contributed by atoms with E-state index in [1.54, 1.807) is 19.3 Å². The highest BCUT2D eigenvalue weighted by atomic mass is 16.7. The molecule has 2 aliphatic rings. The third-order valence-electron chi connectivity index (χ3n) is 2.77. The van der Waals surface area contributed by atoms with Gasteiger partial charge in [-0.2, -0.15) is 0 Å². The number of carbonyl (C=O) groups excluding carboxylic acids is 1. The van der Waals surface area contributed by atoms with Crippen molar-refractivity contribution in [3.8, 4) is 17.2 Å². The lowest BCUT2D eigenvalue weighted by atomic mass is 9.95. The third kappa shape index (κ3) is 1.19. The van der Waals surface area contributed by atoms with Crippen LogP contribution in [0.15, 0.2) is 12.1 Å². The van der Waals surface area contributed by atoms with Crippen molar-refractivity contribution >= 4 is 11.9 Å². The van der Waals surface area contributed by atoms with Gasteiger partial charge in [0, 0.05) is 12.0 Å². The predicted octanol–water partition coefficient (Wildman–Crippen LogP) is 1.56. The molecule has 4 nitrogen and oxygen atoms in total. The molecule has 0 saturated carbocycles. The first-order valence-electron chi connectivity index (χ1n) is 5.00. The normalized spacial score (nSPS) is 16.2. The van der Waals surface area contributed by atoms with Gasteiger partial charge in [-0.25, -0.2) is 0 Å². The van der Waals surface area contributed by atoms with E-state index >= 15 is 0 Å². The van der Waals surface area contributed by atoms with Gasteiger partial charge in [0.1, 0.15) is 0 Å². The molecule has 0 unspecified atom stereocenters.